The van der Waals surface area contributed by atoms with Gasteiger partial charge in [-0.2, -0.15) is 0 Å². The smallest absolute Gasteiger partial charge is 0.243 e. The van der Waals surface area contributed by atoms with Gasteiger partial charge in [0, 0.05) is 6.54 Å². The second kappa shape index (κ2) is 5.01. The van der Waals surface area contributed by atoms with E-state index in [0.29, 0.717) is 11.8 Å². The summed E-state index contributed by atoms with van der Waals surface area (Å²) < 4.78 is 0. The number of carbonyl (C=O) groups is 1. The lowest BCUT2D eigenvalue weighted by Crippen LogP contribution is -2.45. The van der Waals surface area contributed by atoms with E-state index in [2.05, 4.69) is 37.9 Å². The first-order chi connectivity index (χ1) is 9.46. The second-order valence-corrected chi connectivity index (χ2v) is 7.82. The Labute approximate surface area is 123 Å². The summed E-state index contributed by atoms with van der Waals surface area (Å²) in [6, 6.07) is 0. The predicted octanol–water partition coefficient (Wildman–Crippen LogP) is 3.01. The van der Waals surface area contributed by atoms with Gasteiger partial charge in [0.2, 0.25) is 5.91 Å². The maximum Gasteiger partial charge on any atom is 0.243 e. The summed E-state index contributed by atoms with van der Waals surface area (Å²) >= 11 is 0. The molecule has 114 valence electrons. The minimum Gasteiger partial charge on any atom is -0.325 e. The van der Waals surface area contributed by atoms with Gasteiger partial charge in [0.25, 0.3) is 0 Å². The molecule has 3 nitrogen and oxygen atoms in total. The summed E-state index contributed by atoms with van der Waals surface area (Å²) in [7, 11) is 0. The van der Waals surface area contributed by atoms with Crippen LogP contribution in [0.5, 0.6) is 0 Å². The molecule has 1 aliphatic heterocycles. The van der Waals surface area contributed by atoms with Crippen LogP contribution in [-0.4, -0.2) is 29.1 Å². The Kier molecular flexibility index (Phi) is 3.60. The van der Waals surface area contributed by atoms with E-state index < -0.39 is 0 Å². The fourth-order valence-corrected chi connectivity index (χ4v) is 3.84. The number of carbonyl (C=O) groups excluding carboxylic acids is 1. The number of rotatable bonds is 6. The highest BCUT2D eigenvalue weighted by molar-refractivity contribution is 5.88. The number of nitrogens with zero attached hydrogens (tertiary/aromatic N) is 1. The molecule has 1 N–H and O–H groups in total. The summed E-state index contributed by atoms with van der Waals surface area (Å²) in [4.78, 5) is 15.0. The summed E-state index contributed by atoms with van der Waals surface area (Å²) in [5, 5.41) is 3.62. The van der Waals surface area contributed by atoms with Crippen LogP contribution in [0.2, 0.25) is 0 Å². The molecule has 0 aromatic rings. The van der Waals surface area contributed by atoms with Crippen LogP contribution in [-0.2, 0) is 4.79 Å². The molecule has 0 radical (unpaired) electrons. The summed E-state index contributed by atoms with van der Waals surface area (Å²) in [5.74, 6) is 3.42. The molecule has 2 saturated carbocycles. The molecule has 3 heteroatoms. The van der Waals surface area contributed by atoms with Crippen LogP contribution in [0.3, 0.4) is 0 Å². The first kappa shape index (κ1) is 14.4. The van der Waals surface area contributed by atoms with E-state index in [1.54, 1.807) is 0 Å². The second-order valence-electron chi connectivity index (χ2n) is 7.82. The van der Waals surface area contributed by atoms with E-state index in [4.69, 9.17) is 0 Å². The molecule has 1 heterocycles. The van der Waals surface area contributed by atoms with Gasteiger partial charge in [-0.3, -0.25) is 10.1 Å². The van der Waals surface area contributed by atoms with Gasteiger partial charge in [-0.05, 0) is 62.7 Å². The lowest BCUT2D eigenvalue weighted by atomic mass is 9.95. The molecular formula is C17H30N2O. The van der Waals surface area contributed by atoms with Gasteiger partial charge in [0.05, 0.1) is 11.7 Å². The van der Waals surface area contributed by atoms with Crippen LogP contribution in [0.15, 0.2) is 0 Å². The Morgan fingerprint density at radius 1 is 1.25 bits per heavy atom. The molecule has 2 aliphatic carbocycles. The van der Waals surface area contributed by atoms with Crippen molar-refractivity contribution >= 4 is 5.91 Å². The highest BCUT2D eigenvalue weighted by atomic mass is 16.2. The molecule has 0 bridgehead atoms. The molecule has 3 aliphatic rings. The highest BCUT2D eigenvalue weighted by Gasteiger charge is 2.50. The lowest BCUT2D eigenvalue weighted by molar-refractivity contribution is -0.134. The molecule has 0 spiro atoms. The number of hydrogen-bond donors (Lipinski definition) is 1. The fourth-order valence-electron chi connectivity index (χ4n) is 3.84. The first-order valence-corrected chi connectivity index (χ1v) is 8.55. The van der Waals surface area contributed by atoms with Gasteiger partial charge in [-0.15, -0.1) is 0 Å². The molecule has 1 saturated heterocycles. The van der Waals surface area contributed by atoms with E-state index >= 15 is 0 Å². The zero-order valence-electron chi connectivity index (χ0n) is 13.5. The molecule has 2 unspecified atom stereocenters. The zero-order chi connectivity index (χ0) is 14.5. The Balaban J connectivity index is 1.76. The van der Waals surface area contributed by atoms with E-state index in [1.807, 2.05) is 0 Å². The van der Waals surface area contributed by atoms with Gasteiger partial charge >= 0.3 is 0 Å². The SMILES string of the molecule is CCC1(C)NC(C(C)C)N(CC(C2CC2)C2CC2)C1=O. The van der Waals surface area contributed by atoms with Crippen LogP contribution < -0.4 is 5.32 Å². The summed E-state index contributed by atoms with van der Waals surface area (Å²) in [5.41, 5.74) is -0.341. The van der Waals surface area contributed by atoms with Crippen molar-refractivity contribution in [3.63, 3.8) is 0 Å². The molecule has 1 amide bonds. The van der Waals surface area contributed by atoms with Gasteiger partial charge in [-0.1, -0.05) is 20.8 Å². The quantitative estimate of drug-likeness (QED) is 0.810. The van der Waals surface area contributed by atoms with Crippen LogP contribution in [0.4, 0.5) is 0 Å². The predicted molar refractivity (Wildman–Crippen MR) is 81.1 cm³/mol. The average molecular weight is 278 g/mol. The fraction of sp³-hybridized carbons (Fsp3) is 0.941. The van der Waals surface area contributed by atoms with Crippen molar-refractivity contribution in [1.29, 1.82) is 0 Å². The first-order valence-electron chi connectivity index (χ1n) is 8.55. The van der Waals surface area contributed by atoms with Crippen molar-refractivity contribution in [2.75, 3.05) is 6.54 Å². The maximum atomic E-state index is 12.9. The molecule has 3 rings (SSSR count). The molecule has 3 fully saturated rings. The third kappa shape index (κ3) is 2.49. The van der Waals surface area contributed by atoms with Crippen molar-refractivity contribution in [2.45, 2.75) is 71.5 Å². The standard InChI is InChI=1S/C17H30N2O/c1-5-17(4)16(20)19(15(18-17)11(2)3)10-14(12-6-7-12)13-8-9-13/h11-15,18H,5-10H2,1-4H3. The van der Waals surface area contributed by atoms with E-state index in [0.717, 1.165) is 30.7 Å². The summed E-state index contributed by atoms with van der Waals surface area (Å²) in [6.07, 6.45) is 6.69. The third-order valence-corrected chi connectivity index (χ3v) is 5.74. The van der Waals surface area contributed by atoms with Gasteiger partial charge in [0.1, 0.15) is 0 Å². The Bertz CT molecular complexity index is 374. The van der Waals surface area contributed by atoms with E-state index in [9.17, 15) is 4.79 Å². The van der Waals surface area contributed by atoms with Crippen molar-refractivity contribution in [2.24, 2.45) is 23.7 Å². The maximum absolute atomic E-state index is 12.9. The largest absolute Gasteiger partial charge is 0.325 e. The molecule has 0 aromatic carbocycles. The van der Waals surface area contributed by atoms with Gasteiger partial charge < -0.3 is 4.90 Å². The Hall–Kier alpha value is -0.570. The van der Waals surface area contributed by atoms with Gasteiger partial charge in [-0.25, -0.2) is 0 Å². The molecule has 20 heavy (non-hydrogen) atoms. The van der Waals surface area contributed by atoms with Crippen LogP contribution in [0.1, 0.15) is 59.8 Å². The van der Waals surface area contributed by atoms with Crippen LogP contribution in [0, 0.1) is 23.7 Å². The van der Waals surface area contributed by atoms with E-state index in [-0.39, 0.29) is 11.7 Å². The number of amides is 1. The molecule has 0 aromatic heterocycles. The normalized spacial score (nSPS) is 34.6. The Morgan fingerprint density at radius 3 is 2.20 bits per heavy atom. The molecule has 2 atom stereocenters. The minimum atomic E-state index is -0.341. The Morgan fingerprint density at radius 2 is 1.80 bits per heavy atom. The topological polar surface area (TPSA) is 32.3 Å². The highest BCUT2D eigenvalue weighted by Crippen LogP contribution is 2.50. The number of hydrogen-bond acceptors (Lipinski definition) is 2. The zero-order valence-corrected chi connectivity index (χ0v) is 13.5. The van der Waals surface area contributed by atoms with E-state index in [1.165, 1.54) is 25.7 Å². The lowest BCUT2D eigenvalue weighted by Gasteiger charge is -2.31. The average Bonchev–Trinajstić information content (AvgIpc) is 3.29. The van der Waals surface area contributed by atoms with Crippen molar-refractivity contribution in [3.8, 4) is 0 Å². The van der Waals surface area contributed by atoms with Crippen molar-refractivity contribution in [1.82, 2.24) is 10.2 Å². The summed E-state index contributed by atoms with van der Waals surface area (Å²) in [6.45, 7) is 9.64. The third-order valence-electron chi connectivity index (χ3n) is 5.74. The van der Waals surface area contributed by atoms with Crippen molar-refractivity contribution in [3.05, 3.63) is 0 Å². The monoisotopic (exact) mass is 278 g/mol. The van der Waals surface area contributed by atoms with Crippen LogP contribution >= 0.6 is 0 Å². The molecular weight excluding hydrogens is 248 g/mol. The van der Waals surface area contributed by atoms with Crippen molar-refractivity contribution < 1.29 is 4.79 Å². The number of nitrogens with one attached hydrogen (secondary N) is 1. The van der Waals surface area contributed by atoms with Crippen LogP contribution in [0.25, 0.3) is 0 Å². The van der Waals surface area contributed by atoms with Gasteiger partial charge in [0.15, 0.2) is 0 Å². The minimum absolute atomic E-state index is 0.229.